The summed E-state index contributed by atoms with van der Waals surface area (Å²) in [5, 5.41) is 22.3. The lowest BCUT2D eigenvalue weighted by Crippen LogP contribution is -2.51. The first-order chi connectivity index (χ1) is 9.04. The van der Waals surface area contributed by atoms with Crippen LogP contribution in [0.15, 0.2) is 0 Å². The average molecular weight is 273 g/mol. The number of carbonyl (C=O) groups excluding carboxylic acids is 1. The van der Waals surface area contributed by atoms with Crippen molar-refractivity contribution in [3.63, 3.8) is 0 Å². The second kappa shape index (κ2) is 7.96. The number of hydrogen-bond donors (Lipinski definition) is 4. The number of hydrogen-bond acceptors (Lipinski definition) is 4. The van der Waals surface area contributed by atoms with Gasteiger partial charge in [0.05, 0.1) is 6.61 Å². The standard InChI is InChI=1S/C12H23N3O4/c1-9(15-5-3-2-4-6-15)7-13-12(19)14-10(8-16)11(17)18/h9-10,16H,2-8H2,1H3,(H,17,18)(H2,13,14,19). The van der Waals surface area contributed by atoms with E-state index >= 15 is 0 Å². The Morgan fingerprint density at radius 3 is 2.42 bits per heavy atom. The predicted octanol–water partition coefficient (Wildman–Crippen LogP) is -0.394. The van der Waals surface area contributed by atoms with Gasteiger partial charge < -0.3 is 20.8 Å². The van der Waals surface area contributed by atoms with E-state index < -0.39 is 24.6 Å². The fraction of sp³-hybridized carbons (Fsp3) is 0.833. The zero-order valence-corrected chi connectivity index (χ0v) is 11.3. The third-order valence-corrected chi connectivity index (χ3v) is 3.36. The Bertz CT molecular complexity index is 305. The van der Waals surface area contributed by atoms with Gasteiger partial charge in [0, 0.05) is 12.6 Å². The Morgan fingerprint density at radius 1 is 1.26 bits per heavy atom. The van der Waals surface area contributed by atoms with Gasteiger partial charge in [0.25, 0.3) is 0 Å². The lowest BCUT2D eigenvalue weighted by Gasteiger charge is -2.32. The summed E-state index contributed by atoms with van der Waals surface area (Å²) < 4.78 is 0. The van der Waals surface area contributed by atoms with Crippen molar-refractivity contribution in [2.45, 2.75) is 38.3 Å². The lowest BCUT2D eigenvalue weighted by atomic mass is 10.1. The number of nitrogens with one attached hydrogen (secondary N) is 2. The van der Waals surface area contributed by atoms with Gasteiger partial charge in [-0.05, 0) is 32.9 Å². The fourth-order valence-electron chi connectivity index (χ4n) is 2.12. The molecule has 7 heteroatoms. The van der Waals surface area contributed by atoms with Crippen molar-refractivity contribution in [1.29, 1.82) is 0 Å². The van der Waals surface area contributed by atoms with Crippen LogP contribution in [0.5, 0.6) is 0 Å². The van der Waals surface area contributed by atoms with E-state index in [-0.39, 0.29) is 6.04 Å². The number of amides is 2. The van der Waals surface area contributed by atoms with Gasteiger partial charge >= 0.3 is 12.0 Å². The molecule has 1 saturated heterocycles. The maximum atomic E-state index is 11.5. The minimum atomic E-state index is -1.26. The van der Waals surface area contributed by atoms with Gasteiger partial charge in [-0.25, -0.2) is 9.59 Å². The maximum absolute atomic E-state index is 11.5. The number of carboxylic acid groups (broad SMARTS) is 1. The maximum Gasteiger partial charge on any atom is 0.328 e. The average Bonchev–Trinajstić information content (AvgIpc) is 2.42. The molecule has 0 radical (unpaired) electrons. The van der Waals surface area contributed by atoms with E-state index in [4.69, 9.17) is 10.2 Å². The number of urea groups is 1. The third kappa shape index (κ3) is 5.44. The van der Waals surface area contributed by atoms with Crippen LogP contribution in [-0.2, 0) is 4.79 Å². The van der Waals surface area contributed by atoms with Gasteiger partial charge in [0.15, 0.2) is 6.04 Å². The van der Waals surface area contributed by atoms with Crippen molar-refractivity contribution in [2.24, 2.45) is 0 Å². The van der Waals surface area contributed by atoms with Crippen LogP contribution in [0.25, 0.3) is 0 Å². The minimum absolute atomic E-state index is 0.225. The number of aliphatic hydroxyl groups excluding tert-OH is 1. The molecule has 2 unspecified atom stereocenters. The second-order valence-corrected chi connectivity index (χ2v) is 4.87. The molecule has 0 saturated carbocycles. The van der Waals surface area contributed by atoms with Gasteiger partial charge in [-0.1, -0.05) is 6.42 Å². The molecular formula is C12H23N3O4. The summed E-state index contributed by atoms with van der Waals surface area (Å²) in [6.07, 6.45) is 3.62. The first-order valence-corrected chi connectivity index (χ1v) is 6.66. The van der Waals surface area contributed by atoms with E-state index in [0.717, 1.165) is 13.1 Å². The molecule has 1 rings (SSSR count). The Kier molecular flexibility index (Phi) is 6.58. The molecule has 0 spiro atoms. The van der Waals surface area contributed by atoms with Crippen molar-refractivity contribution in [1.82, 2.24) is 15.5 Å². The van der Waals surface area contributed by atoms with Gasteiger partial charge in [-0.2, -0.15) is 0 Å². The van der Waals surface area contributed by atoms with Gasteiger partial charge in [-0.15, -0.1) is 0 Å². The van der Waals surface area contributed by atoms with E-state index in [0.29, 0.717) is 6.54 Å². The second-order valence-electron chi connectivity index (χ2n) is 4.87. The molecule has 1 aliphatic rings. The molecule has 2 amide bonds. The van der Waals surface area contributed by atoms with Gasteiger partial charge in [-0.3, -0.25) is 4.90 Å². The van der Waals surface area contributed by atoms with Crippen molar-refractivity contribution in [3.05, 3.63) is 0 Å². The number of likely N-dealkylation sites (tertiary alicyclic amines) is 1. The molecule has 0 bridgehead atoms. The Morgan fingerprint density at radius 2 is 1.89 bits per heavy atom. The van der Waals surface area contributed by atoms with Crippen LogP contribution in [0.4, 0.5) is 4.79 Å². The van der Waals surface area contributed by atoms with Crippen LogP contribution < -0.4 is 10.6 Å². The van der Waals surface area contributed by atoms with E-state index in [9.17, 15) is 9.59 Å². The molecule has 2 atom stereocenters. The largest absolute Gasteiger partial charge is 0.480 e. The quantitative estimate of drug-likeness (QED) is 0.528. The number of aliphatic hydroxyl groups is 1. The number of carbonyl (C=O) groups is 2. The smallest absolute Gasteiger partial charge is 0.328 e. The Balaban J connectivity index is 2.26. The van der Waals surface area contributed by atoms with E-state index in [1.807, 2.05) is 6.92 Å². The molecule has 0 aromatic heterocycles. The highest BCUT2D eigenvalue weighted by Crippen LogP contribution is 2.11. The molecule has 7 nitrogen and oxygen atoms in total. The number of piperidine rings is 1. The van der Waals surface area contributed by atoms with Gasteiger partial charge in [0.1, 0.15) is 0 Å². The molecule has 1 fully saturated rings. The summed E-state index contributed by atoms with van der Waals surface area (Å²) in [7, 11) is 0. The van der Waals surface area contributed by atoms with Crippen LogP contribution >= 0.6 is 0 Å². The Hall–Kier alpha value is -1.34. The van der Waals surface area contributed by atoms with Crippen LogP contribution in [0.1, 0.15) is 26.2 Å². The molecule has 4 N–H and O–H groups in total. The first kappa shape index (κ1) is 15.7. The lowest BCUT2D eigenvalue weighted by molar-refractivity contribution is -0.140. The summed E-state index contributed by atoms with van der Waals surface area (Å²) >= 11 is 0. The highest BCUT2D eigenvalue weighted by molar-refractivity contribution is 5.82. The SMILES string of the molecule is CC(CNC(=O)NC(CO)C(=O)O)N1CCCCC1. The summed E-state index contributed by atoms with van der Waals surface area (Å²) in [6, 6.07) is -1.60. The van der Waals surface area contributed by atoms with Gasteiger partial charge in [0.2, 0.25) is 0 Å². The topological polar surface area (TPSA) is 102 Å². The predicted molar refractivity (Wildman–Crippen MR) is 69.9 cm³/mol. The number of carboxylic acids is 1. The molecule has 110 valence electrons. The van der Waals surface area contributed by atoms with Crippen LogP contribution in [-0.4, -0.2) is 65.4 Å². The van der Waals surface area contributed by atoms with Crippen molar-refractivity contribution in [3.8, 4) is 0 Å². The van der Waals surface area contributed by atoms with E-state index in [2.05, 4.69) is 15.5 Å². The molecule has 0 aliphatic carbocycles. The van der Waals surface area contributed by atoms with Crippen LogP contribution in [0.3, 0.4) is 0 Å². The number of aliphatic carboxylic acids is 1. The zero-order chi connectivity index (χ0) is 14.3. The van der Waals surface area contributed by atoms with E-state index in [1.54, 1.807) is 0 Å². The minimum Gasteiger partial charge on any atom is -0.480 e. The summed E-state index contributed by atoms with van der Waals surface area (Å²) in [5.41, 5.74) is 0. The number of nitrogens with zero attached hydrogens (tertiary/aromatic N) is 1. The molecule has 19 heavy (non-hydrogen) atoms. The number of rotatable bonds is 6. The first-order valence-electron chi connectivity index (χ1n) is 6.66. The zero-order valence-electron chi connectivity index (χ0n) is 11.3. The van der Waals surface area contributed by atoms with Crippen LogP contribution in [0.2, 0.25) is 0 Å². The summed E-state index contributed by atoms with van der Waals surface area (Å²) in [5.74, 6) is -1.25. The monoisotopic (exact) mass is 273 g/mol. The molecule has 1 aliphatic heterocycles. The van der Waals surface area contributed by atoms with Crippen molar-refractivity contribution >= 4 is 12.0 Å². The molecule has 0 aromatic rings. The third-order valence-electron chi connectivity index (χ3n) is 3.36. The fourth-order valence-corrected chi connectivity index (χ4v) is 2.12. The summed E-state index contributed by atoms with van der Waals surface area (Å²) in [4.78, 5) is 24.4. The van der Waals surface area contributed by atoms with Crippen molar-refractivity contribution < 1.29 is 19.8 Å². The van der Waals surface area contributed by atoms with Crippen LogP contribution in [0, 0.1) is 0 Å². The molecule has 0 aromatic carbocycles. The Labute approximate surface area is 113 Å². The summed E-state index contributed by atoms with van der Waals surface area (Å²) in [6.45, 7) is 3.96. The molecule has 1 heterocycles. The highest BCUT2D eigenvalue weighted by Gasteiger charge is 2.20. The normalized spacial score (nSPS) is 19.5. The highest BCUT2D eigenvalue weighted by atomic mass is 16.4. The van der Waals surface area contributed by atoms with E-state index in [1.165, 1.54) is 19.3 Å². The molecular weight excluding hydrogens is 250 g/mol. The van der Waals surface area contributed by atoms with Crippen molar-refractivity contribution in [2.75, 3.05) is 26.2 Å².